The maximum absolute atomic E-state index is 14.9. The lowest BCUT2D eigenvalue weighted by Crippen LogP contribution is -2.80. The van der Waals surface area contributed by atoms with E-state index in [1.807, 2.05) is 0 Å². The number of Topliss-reactive ketones (excluding diaryl/α,β-unsaturated/α-hetero) is 1. The third-order valence-electron chi connectivity index (χ3n) is 12.4. The monoisotopic (exact) mass is 807 g/mol. The van der Waals surface area contributed by atoms with Crippen molar-refractivity contribution < 1.29 is 68.1 Å². The Morgan fingerprint density at radius 1 is 0.931 bits per heavy atom. The minimum absolute atomic E-state index is 0.0349. The number of benzene rings is 2. The van der Waals surface area contributed by atoms with Crippen molar-refractivity contribution in [1.29, 1.82) is 0 Å². The highest BCUT2D eigenvalue weighted by Gasteiger charge is 2.76. The summed E-state index contributed by atoms with van der Waals surface area (Å²) in [4.78, 5) is 68.9. The van der Waals surface area contributed by atoms with Crippen molar-refractivity contribution in [3.05, 3.63) is 82.9 Å². The number of carbonyl (C=O) groups is 5. The highest BCUT2D eigenvalue weighted by molar-refractivity contribution is 5.94. The normalized spacial score (nSPS) is 33.7. The van der Waals surface area contributed by atoms with E-state index >= 15 is 0 Å². The van der Waals surface area contributed by atoms with Gasteiger partial charge in [-0.3, -0.25) is 9.59 Å². The zero-order valence-electron chi connectivity index (χ0n) is 33.8. The fourth-order valence-electron chi connectivity index (χ4n) is 9.80. The van der Waals surface area contributed by atoms with Gasteiger partial charge in [-0.05, 0) is 68.9 Å². The van der Waals surface area contributed by atoms with Gasteiger partial charge < -0.3 is 49.4 Å². The van der Waals surface area contributed by atoms with Crippen LogP contribution < -0.4 is 5.32 Å². The van der Waals surface area contributed by atoms with Crippen molar-refractivity contribution in [2.45, 2.75) is 122 Å². The molecule has 5 N–H and O–H groups in total. The number of nitrogens with one attached hydrogen (secondary N) is 1. The standard InChI is InChI=1S/C43H53NO14/c1-21-27-31(48)36(50)42(8)25(46)19-26-43(20-54-26,57-22(2)45)35(42)34(56-37(51)24-17-13-10-14-18-24)28(41(27,6)7)30(47)33(21)55-38(52)32(49)29(23-15-11-9-12-16-23)44-39(53)58-40(3,4)5/h9-18,25-26,28-35,46-49H,19-20H2,1-8H3,(H,44,53)/t25-,26?,28?,29-,30+,31+,32+,33+,34+,35-,42+,43-/m0/s1. The average molecular weight is 808 g/mol. The molecule has 1 amide bonds. The summed E-state index contributed by atoms with van der Waals surface area (Å²) in [5.41, 5.74) is -5.40. The molecule has 2 bridgehead atoms. The molecule has 15 heteroatoms. The SMILES string of the molecule is CC(=O)O[C@@]12COC1C[C@H](O)[C@@]1(C)C(=O)[C@H](O)C3=C(C)[C@@H](OC(=O)[C@H](O)[C@@H](NC(=O)OC(C)(C)C)c4ccccc4)[C@H](O)C([C@@H](OC(=O)c4ccccc4)[C@@H]12)C3(C)C. The Kier molecular flexibility index (Phi) is 11.5. The number of amides is 1. The van der Waals surface area contributed by atoms with Crippen LogP contribution in [0.1, 0.15) is 83.8 Å². The van der Waals surface area contributed by atoms with Crippen LogP contribution >= 0.6 is 0 Å². The van der Waals surface area contributed by atoms with Crippen molar-refractivity contribution in [3.8, 4) is 0 Å². The van der Waals surface area contributed by atoms with Gasteiger partial charge in [0.05, 0.1) is 35.6 Å². The van der Waals surface area contributed by atoms with Gasteiger partial charge in [-0.25, -0.2) is 14.4 Å². The summed E-state index contributed by atoms with van der Waals surface area (Å²) >= 11 is 0. The van der Waals surface area contributed by atoms with E-state index in [1.165, 1.54) is 32.9 Å². The molecule has 3 fully saturated rings. The second kappa shape index (κ2) is 15.5. The maximum atomic E-state index is 14.9. The molecular weight excluding hydrogens is 754 g/mol. The second-order valence-corrected chi connectivity index (χ2v) is 17.5. The summed E-state index contributed by atoms with van der Waals surface area (Å²) in [7, 11) is 0. The van der Waals surface area contributed by atoms with Crippen molar-refractivity contribution in [2.24, 2.45) is 22.7 Å². The number of alkyl carbamates (subject to hydrolysis) is 1. The molecule has 2 saturated carbocycles. The number of rotatable bonds is 8. The van der Waals surface area contributed by atoms with E-state index in [0.717, 1.165) is 0 Å². The predicted octanol–water partition coefficient (Wildman–Crippen LogP) is 3.12. The smallest absolute Gasteiger partial charge is 0.408 e. The molecule has 15 nitrogen and oxygen atoms in total. The first-order chi connectivity index (χ1) is 27.1. The minimum atomic E-state index is -2.07. The highest BCUT2D eigenvalue weighted by Crippen LogP contribution is 2.63. The van der Waals surface area contributed by atoms with Crippen molar-refractivity contribution in [1.82, 2.24) is 5.32 Å². The molecule has 2 aromatic carbocycles. The van der Waals surface area contributed by atoms with Gasteiger partial charge in [-0.2, -0.15) is 0 Å². The third kappa shape index (κ3) is 7.31. The Labute approximate surface area is 336 Å². The zero-order chi connectivity index (χ0) is 42.7. The summed E-state index contributed by atoms with van der Waals surface area (Å²) in [6, 6.07) is 14.7. The van der Waals surface area contributed by atoms with Gasteiger partial charge in [-0.1, -0.05) is 62.4 Å². The largest absolute Gasteiger partial charge is 0.458 e. The number of esters is 3. The number of ketones is 1. The lowest BCUT2D eigenvalue weighted by molar-refractivity contribution is -0.337. The first-order valence-corrected chi connectivity index (χ1v) is 19.4. The van der Waals surface area contributed by atoms with Crippen LogP contribution in [-0.4, -0.2) is 111 Å². The average Bonchev–Trinajstić information content (AvgIpc) is 3.14. The Morgan fingerprint density at radius 2 is 1.53 bits per heavy atom. The highest BCUT2D eigenvalue weighted by atomic mass is 16.6. The molecule has 2 aromatic rings. The Hall–Kier alpha value is -4.67. The molecule has 58 heavy (non-hydrogen) atoms. The van der Waals surface area contributed by atoms with Gasteiger partial charge in [-0.15, -0.1) is 0 Å². The van der Waals surface area contributed by atoms with Gasteiger partial charge >= 0.3 is 24.0 Å². The zero-order valence-corrected chi connectivity index (χ0v) is 33.8. The number of fused-ring (bicyclic) bond motifs is 5. The lowest BCUT2D eigenvalue weighted by atomic mass is 9.45. The Morgan fingerprint density at radius 3 is 2.09 bits per heavy atom. The van der Waals surface area contributed by atoms with E-state index in [4.69, 9.17) is 23.7 Å². The van der Waals surface area contributed by atoms with Crippen LogP contribution in [0.5, 0.6) is 0 Å². The number of ether oxygens (including phenoxy) is 5. The van der Waals surface area contributed by atoms with Crippen molar-refractivity contribution >= 4 is 29.8 Å². The van der Waals surface area contributed by atoms with Crippen LogP contribution in [-0.2, 0) is 38.1 Å². The quantitative estimate of drug-likeness (QED) is 0.147. The minimum Gasteiger partial charge on any atom is -0.458 e. The van der Waals surface area contributed by atoms with E-state index < -0.39 is 112 Å². The molecule has 0 aromatic heterocycles. The molecular formula is C43H53NO14. The summed E-state index contributed by atoms with van der Waals surface area (Å²) < 4.78 is 29.6. The first kappa shape index (κ1) is 42.9. The molecule has 1 heterocycles. The lowest BCUT2D eigenvalue weighted by Gasteiger charge is -2.66. The van der Waals surface area contributed by atoms with Crippen LogP contribution in [0.4, 0.5) is 4.79 Å². The molecule has 1 saturated heterocycles. The fourth-order valence-corrected chi connectivity index (χ4v) is 9.80. The molecule has 6 rings (SSSR count). The van der Waals surface area contributed by atoms with Crippen LogP contribution in [0.25, 0.3) is 0 Å². The molecule has 1 aliphatic heterocycles. The molecule has 4 aliphatic rings. The van der Waals surface area contributed by atoms with E-state index in [1.54, 1.807) is 83.1 Å². The Bertz CT molecular complexity index is 1960. The molecule has 2 unspecified atom stereocenters. The van der Waals surface area contributed by atoms with Crippen LogP contribution in [0, 0.1) is 22.7 Å². The van der Waals surface area contributed by atoms with Crippen molar-refractivity contribution in [2.75, 3.05) is 6.61 Å². The molecule has 0 radical (unpaired) electrons. The second-order valence-electron chi connectivity index (χ2n) is 17.5. The van der Waals surface area contributed by atoms with Gasteiger partial charge in [0.25, 0.3) is 0 Å². The number of carbonyl (C=O) groups excluding carboxylic acids is 5. The van der Waals surface area contributed by atoms with E-state index in [9.17, 15) is 44.4 Å². The van der Waals surface area contributed by atoms with Gasteiger partial charge in [0.1, 0.15) is 36.1 Å². The van der Waals surface area contributed by atoms with Crippen LogP contribution in [0.2, 0.25) is 0 Å². The first-order valence-electron chi connectivity index (χ1n) is 19.4. The van der Waals surface area contributed by atoms with E-state index in [0.29, 0.717) is 5.56 Å². The number of aliphatic hydroxyl groups excluding tert-OH is 4. The maximum Gasteiger partial charge on any atom is 0.408 e. The predicted molar refractivity (Wildman–Crippen MR) is 204 cm³/mol. The van der Waals surface area contributed by atoms with E-state index in [-0.39, 0.29) is 29.7 Å². The van der Waals surface area contributed by atoms with Gasteiger partial charge in [0.2, 0.25) is 0 Å². The number of hydrogen-bond donors (Lipinski definition) is 5. The summed E-state index contributed by atoms with van der Waals surface area (Å²) in [5, 5.41) is 50.7. The molecule has 0 spiro atoms. The van der Waals surface area contributed by atoms with Gasteiger partial charge in [0.15, 0.2) is 17.5 Å². The van der Waals surface area contributed by atoms with Crippen LogP contribution in [0.3, 0.4) is 0 Å². The summed E-state index contributed by atoms with van der Waals surface area (Å²) in [5.74, 6) is -6.52. The number of hydrogen-bond acceptors (Lipinski definition) is 14. The van der Waals surface area contributed by atoms with Gasteiger partial charge in [0, 0.05) is 19.3 Å². The molecule has 12 atom stereocenters. The molecule has 3 aliphatic carbocycles. The Balaban J connectivity index is 1.48. The third-order valence-corrected chi connectivity index (χ3v) is 12.4. The van der Waals surface area contributed by atoms with Crippen molar-refractivity contribution in [3.63, 3.8) is 0 Å². The molecule has 314 valence electrons. The van der Waals surface area contributed by atoms with Crippen LogP contribution in [0.15, 0.2) is 71.8 Å². The fraction of sp³-hybridized carbons (Fsp3) is 0.558. The van der Waals surface area contributed by atoms with E-state index in [2.05, 4.69) is 5.32 Å². The number of aliphatic hydroxyl groups is 4. The summed E-state index contributed by atoms with van der Waals surface area (Å²) in [6.07, 6.45) is -12.6. The summed E-state index contributed by atoms with van der Waals surface area (Å²) in [6.45, 7) is 12.0. The topological polar surface area (TPSA) is 224 Å².